The van der Waals surface area contributed by atoms with Gasteiger partial charge in [0.05, 0.1) is 33.3 Å². The van der Waals surface area contributed by atoms with Crippen molar-refractivity contribution in [2.75, 3.05) is 18.4 Å². The number of thiazole rings is 1. The molecule has 2 aromatic carbocycles. The molecule has 2 aliphatic rings. The van der Waals surface area contributed by atoms with E-state index in [1.807, 2.05) is 52.0 Å². The molecule has 6 rings (SSSR count). The Morgan fingerprint density at radius 3 is 2.49 bits per heavy atom. The standard InChI is InChI=1S/C44H52FN7O6S/c1-24-34(20-32-31-18-29(45)15-16-33(31)50-40(32)55)49-25(2)37(24)42(57)46-17-9-7-8-10-36(54)51-39(44(4,5)6)43(58)52-22-30(53)19-35(52)41(56)47-21-27-11-13-28(14-12-27)38-26(3)48-23-59-38/h11-16,18,20,23,30,35,39,49,53H,7-10,17,19,21-22H2,1-6H3,(H,46,57)(H,47,56)(H,50,55)(H,51,54)/b32-20-/t30-,35+,39-/m1/s1. The molecule has 0 unspecified atom stereocenters. The number of amides is 5. The van der Waals surface area contributed by atoms with Crippen LogP contribution in [0.1, 0.15) is 97.0 Å². The number of benzene rings is 2. The first-order chi connectivity index (χ1) is 28.0. The van der Waals surface area contributed by atoms with Crippen molar-refractivity contribution in [2.24, 2.45) is 5.41 Å². The van der Waals surface area contributed by atoms with Crippen LogP contribution in [-0.4, -0.2) is 80.8 Å². The summed E-state index contributed by atoms with van der Waals surface area (Å²) in [5.74, 6) is -2.18. The SMILES string of the molecule is Cc1ncsc1-c1ccc(CNC(=O)[C@@H]2C[C@@H](O)CN2C(=O)[C@@H](NC(=O)CCCCCNC(=O)c2c(C)[nH]c(/C=C3\C(=O)Nc4ccc(F)cc43)c2C)C(C)(C)C)cc1. The number of β-amino-alcohol motifs (C(OH)–C–C–N with tert-alkyl or cyclic N) is 1. The molecule has 5 amide bonds. The molecule has 0 radical (unpaired) electrons. The summed E-state index contributed by atoms with van der Waals surface area (Å²) in [6.45, 7) is 11.7. The number of likely N-dealkylation sites (tertiary alicyclic amines) is 1. The fraction of sp³-hybridized carbons (Fsp3) is 0.409. The highest BCUT2D eigenvalue weighted by Crippen LogP contribution is 2.35. The highest BCUT2D eigenvalue weighted by molar-refractivity contribution is 7.13. The number of aromatic amines is 1. The van der Waals surface area contributed by atoms with Gasteiger partial charge >= 0.3 is 0 Å². The second-order valence-electron chi connectivity index (χ2n) is 16.4. The second kappa shape index (κ2) is 18.1. The predicted molar refractivity (Wildman–Crippen MR) is 226 cm³/mol. The molecule has 4 heterocycles. The Hall–Kier alpha value is -5.67. The molecule has 13 nitrogen and oxygen atoms in total. The number of aryl methyl sites for hydroxylation is 2. The Kier molecular flexibility index (Phi) is 13.2. The summed E-state index contributed by atoms with van der Waals surface area (Å²) in [5.41, 5.74) is 7.63. The Labute approximate surface area is 347 Å². The summed E-state index contributed by atoms with van der Waals surface area (Å²) >= 11 is 1.57. The number of hydrogen-bond acceptors (Lipinski definition) is 8. The number of halogens is 1. The van der Waals surface area contributed by atoms with Gasteiger partial charge in [-0.05, 0) is 80.0 Å². The Bertz CT molecular complexity index is 2270. The number of aromatic nitrogens is 2. The lowest BCUT2D eigenvalue weighted by atomic mass is 9.85. The summed E-state index contributed by atoms with van der Waals surface area (Å²) in [6.07, 6.45) is 2.79. The van der Waals surface area contributed by atoms with E-state index in [1.165, 1.54) is 23.1 Å². The van der Waals surface area contributed by atoms with Gasteiger partial charge in [0.15, 0.2) is 0 Å². The maximum absolute atomic E-state index is 14.0. The molecule has 1 fully saturated rings. The number of anilines is 1. The van der Waals surface area contributed by atoms with E-state index >= 15 is 0 Å². The fourth-order valence-corrected chi connectivity index (χ4v) is 8.41. The van der Waals surface area contributed by atoms with E-state index in [0.29, 0.717) is 65.1 Å². The third-order valence-electron chi connectivity index (χ3n) is 10.8. The topological polar surface area (TPSA) is 186 Å². The van der Waals surface area contributed by atoms with Gasteiger partial charge < -0.3 is 36.3 Å². The van der Waals surface area contributed by atoms with Gasteiger partial charge in [0.1, 0.15) is 17.9 Å². The summed E-state index contributed by atoms with van der Waals surface area (Å²) < 4.78 is 13.9. The van der Waals surface area contributed by atoms with Crippen LogP contribution in [0.5, 0.6) is 0 Å². The number of aliphatic hydroxyl groups is 1. The minimum absolute atomic E-state index is 0.0122. The molecule has 1 saturated heterocycles. The van der Waals surface area contributed by atoms with Gasteiger partial charge in [-0.15, -0.1) is 11.3 Å². The van der Waals surface area contributed by atoms with Crippen molar-refractivity contribution < 1.29 is 33.5 Å². The van der Waals surface area contributed by atoms with Crippen molar-refractivity contribution in [2.45, 2.75) is 98.4 Å². The molecular formula is C44H52FN7O6S. The Morgan fingerprint density at radius 2 is 1.80 bits per heavy atom. The first-order valence-corrected chi connectivity index (χ1v) is 20.7. The molecule has 3 atom stereocenters. The molecule has 0 bridgehead atoms. The zero-order valence-corrected chi connectivity index (χ0v) is 35.1. The lowest BCUT2D eigenvalue weighted by Gasteiger charge is -2.35. The number of unbranched alkanes of at least 4 members (excludes halogenated alkanes) is 2. The van der Waals surface area contributed by atoms with E-state index in [0.717, 1.165) is 21.7 Å². The molecule has 2 aromatic heterocycles. The number of carbonyl (C=O) groups excluding carboxylic acids is 5. The molecule has 15 heteroatoms. The van der Waals surface area contributed by atoms with Crippen molar-refractivity contribution >= 4 is 58.2 Å². The summed E-state index contributed by atoms with van der Waals surface area (Å²) in [5, 5.41) is 22.0. The Morgan fingerprint density at radius 1 is 1.05 bits per heavy atom. The van der Waals surface area contributed by atoms with E-state index in [1.54, 1.807) is 36.8 Å². The largest absolute Gasteiger partial charge is 0.391 e. The van der Waals surface area contributed by atoms with E-state index in [9.17, 15) is 33.5 Å². The van der Waals surface area contributed by atoms with Gasteiger partial charge in [-0.3, -0.25) is 24.0 Å². The molecule has 0 aliphatic carbocycles. The first kappa shape index (κ1) is 42.9. The normalized spacial score (nSPS) is 17.5. The number of H-pyrrole nitrogens is 1. The van der Waals surface area contributed by atoms with Crippen LogP contribution in [0.15, 0.2) is 48.0 Å². The molecule has 4 aromatic rings. The molecular weight excluding hydrogens is 774 g/mol. The summed E-state index contributed by atoms with van der Waals surface area (Å²) in [6, 6.07) is 10.1. The second-order valence-corrected chi connectivity index (χ2v) is 17.2. The van der Waals surface area contributed by atoms with Crippen molar-refractivity contribution in [1.29, 1.82) is 0 Å². The third-order valence-corrected chi connectivity index (χ3v) is 11.8. The minimum atomic E-state index is -0.926. The van der Waals surface area contributed by atoms with Gasteiger partial charge in [-0.1, -0.05) is 51.5 Å². The summed E-state index contributed by atoms with van der Waals surface area (Å²) in [4.78, 5) is 76.3. The average molecular weight is 826 g/mol. The molecule has 59 heavy (non-hydrogen) atoms. The lowest BCUT2D eigenvalue weighted by molar-refractivity contribution is -0.144. The van der Waals surface area contributed by atoms with Gasteiger partial charge in [0.25, 0.3) is 11.8 Å². The molecule has 6 N–H and O–H groups in total. The van der Waals surface area contributed by atoms with E-state index in [2.05, 4.69) is 31.2 Å². The maximum Gasteiger partial charge on any atom is 0.256 e. The zero-order valence-electron chi connectivity index (χ0n) is 34.3. The first-order valence-electron chi connectivity index (χ1n) is 19.9. The van der Waals surface area contributed by atoms with Crippen LogP contribution in [0.3, 0.4) is 0 Å². The number of rotatable bonds is 14. The molecule has 312 valence electrons. The lowest BCUT2D eigenvalue weighted by Crippen LogP contribution is -2.57. The molecule has 2 aliphatic heterocycles. The quantitative estimate of drug-likeness (QED) is 0.0686. The highest BCUT2D eigenvalue weighted by Gasteiger charge is 2.44. The molecule has 0 spiro atoms. The van der Waals surface area contributed by atoms with Gasteiger partial charge in [-0.25, -0.2) is 9.37 Å². The van der Waals surface area contributed by atoms with E-state index < -0.39 is 35.3 Å². The van der Waals surface area contributed by atoms with Crippen molar-refractivity contribution in [1.82, 2.24) is 30.8 Å². The van der Waals surface area contributed by atoms with Crippen LogP contribution in [0.25, 0.3) is 22.1 Å². The predicted octanol–water partition coefficient (Wildman–Crippen LogP) is 5.79. The number of fused-ring (bicyclic) bond motifs is 1. The van der Waals surface area contributed by atoms with Crippen LogP contribution in [0.2, 0.25) is 0 Å². The van der Waals surface area contributed by atoms with Crippen LogP contribution < -0.4 is 21.3 Å². The maximum atomic E-state index is 14.0. The Balaban J connectivity index is 0.964. The van der Waals surface area contributed by atoms with Crippen LogP contribution in [0.4, 0.5) is 10.1 Å². The number of hydrogen-bond donors (Lipinski definition) is 6. The number of aliphatic hydroxyl groups excluding tert-OH is 1. The number of carbonyl (C=O) groups is 5. The van der Waals surface area contributed by atoms with E-state index in [-0.39, 0.29) is 49.6 Å². The van der Waals surface area contributed by atoms with Gasteiger partial charge in [0.2, 0.25) is 17.7 Å². The fourth-order valence-electron chi connectivity index (χ4n) is 7.60. The van der Waals surface area contributed by atoms with Crippen LogP contribution in [-0.2, 0) is 25.7 Å². The highest BCUT2D eigenvalue weighted by atomic mass is 32.1. The third kappa shape index (κ3) is 9.97. The van der Waals surface area contributed by atoms with Gasteiger partial charge in [-0.2, -0.15) is 0 Å². The van der Waals surface area contributed by atoms with Crippen LogP contribution >= 0.6 is 11.3 Å². The monoisotopic (exact) mass is 825 g/mol. The van der Waals surface area contributed by atoms with Crippen molar-refractivity contribution in [3.8, 4) is 10.4 Å². The average Bonchev–Trinajstić information content (AvgIpc) is 3.94. The molecule has 0 saturated carbocycles. The van der Waals surface area contributed by atoms with E-state index in [4.69, 9.17) is 0 Å². The number of nitrogens with one attached hydrogen (secondary N) is 5. The smallest absolute Gasteiger partial charge is 0.256 e. The van der Waals surface area contributed by atoms with Crippen LogP contribution in [0, 0.1) is 32.0 Å². The minimum Gasteiger partial charge on any atom is -0.391 e. The zero-order chi connectivity index (χ0) is 42.6. The summed E-state index contributed by atoms with van der Waals surface area (Å²) in [7, 11) is 0. The number of nitrogens with zero attached hydrogens (tertiary/aromatic N) is 2. The van der Waals surface area contributed by atoms with Crippen molar-refractivity contribution in [3.63, 3.8) is 0 Å². The van der Waals surface area contributed by atoms with Crippen molar-refractivity contribution in [3.05, 3.63) is 93.1 Å². The van der Waals surface area contributed by atoms with Gasteiger partial charge in [0, 0.05) is 55.1 Å².